The van der Waals surface area contributed by atoms with Crippen LogP contribution in [0, 0.1) is 0 Å². The van der Waals surface area contributed by atoms with Gasteiger partial charge in [0.2, 0.25) is 5.91 Å². The van der Waals surface area contributed by atoms with Crippen LogP contribution in [0.2, 0.25) is 0 Å². The Balaban J connectivity index is 1.48. The van der Waals surface area contributed by atoms with Gasteiger partial charge in [-0.1, -0.05) is 19.0 Å². The molecule has 2 N–H and O–H groups in total. The van der Waals surface area contributed by atoms with E-state index in [1.54, 1.807) is 11.0 Å². The maximum Gasteiger partial charge on any atom is 0.410 e. The van der Waals surface area contributed by atoms with E-state index in [0.29, 0.717) is 11.6 Å². The maximum atomic E-state index is 12.4. The van der Waals surface area contributed by atoms with Crippen molar-refractivity contribution in [2.75, 3.05) is 18.4 Å². The summed E-state index contributed by atoms with van der Waals surface area (Å²) in [7, 11) is 0. The fourth-order valence-electron chi connectivity index (χ4n) is 3.67. The number of aromatic amines is 1. The lowest BCUT2D eigenvalue weighted by molar-refractivity contribution is -0.115. The Kier molecular flexibility index (Phi) is 7.26. The van der Waals surface area contributed by atoms with Crippen molar-refractivity contribution in [2.45, 2.75) is 64.4 Å². The summed E-state index contributed by atoms with van der Waals surface area (Å²) in [5.41, 5.74) is 0.942. The first-order chi connectivity index (χ1) is 14.1. The fraction of sp³-hybridized carbons (Fsp3) is 0.600. The van der Waals surface area contributed by atoms with Gasteiger partial charge in [0, 0.05) is 36.8 Å². The van der Waals surface area contributed by atoms with Gasteiger partial charge < -0.3 is 19.5 Å². The minimum atomic E-state index is -0.218. The number of amides is 2. The second-order valence-corrected chi connectivity index (χ2v) is 7.42. The molecule has 0 aliphatic heterocycles. The first-order valence-electron chi connectivity index (χ1n) is 10.3. The zero-order valence-electron chi connectivity index (χ0n) is 17.0. The van der Waals surface area contributed by atoms with Crippen molar-refractivity contribution >= 4 is 17.8 Å². The van der Waals surface area contributed by atoms with Crippen molar-refractivity contribution in [2.24, 2.45) is 0 Å². The summed E-state index contributed by atoms with van der Waals surface area (Å²) in [6.45, 7) is 5.56. The second-order valence-electron chi connectivity index (χ2n) is 7.42. The first kappa shape index (κ1) is 20.9. The molecule has 0 unspecified atom stereocenters. The molecule has 2 aromatic heterocycles. The number of aromatic nitrogens is 3. The van der Waals surface area contributed by atoms with E-state index in [1.807, 2.05) is 6.07 Å². The van der Waals surface area contributed by atoms with E-state index in [-0.39, 0.29) is 30.4 Å². The number of anilines is 1. The molecule has 2 heterocycles. The zero-order valence-corrected chi connectivity index (χ0v) is 17.0. The molecular weight excluding hydrogens is 374 g/mol. The summed E-state index contributed by atoms with van der Waals surface area (Å²) < 4.78 is 10.7. The van der Waals surface area contributed by atoms with Crippen LogP contribution in [-0.2, 0) is 16.0 Å². The SMILES string of the molecule is CCCN(CCC)C(=O)O[C@@H]1CC[C@H](c2cc(NC(=O)Cc3ccno3)n[nH]2)C1. The average molecular weight is 403 g/mol. The predicted molar refractivity (Wildman–Crippen MR) is 106 cm³/mol. The minimum absolute atomic E-state index is 0.0866. The molecular formula is C20H29N5O4. The molecule has 9 nitrogen and oxygen atoms in total. The number of rotatable bonds is 9. The number of hydrogen-bond donors (Lipinski definition) is 2. The molecule has 158 valence electrons. The first-order valence-corrected chi connectivity index (χ1v) is 10.3. The van der Waals surface area contributed by atoms with E-state index < -0.39 is 0 Å². The van der Waals surface area contributed by atoms with Gasteiger partial charge in [0.15, 0.2) is 5.82 Å². The Morgan fingerprint density at radius 3 is 2.79 bits per heavy atom. The highest BCUT2D eigenvalue weighted by molar-refractivity contribution is 5.91. The van der Waals surface area contributed by atoms with E-state index in [0.717, 1.165) is 50.9 Å². The van der Waals surface area contributed by atoms with Gasteiger partial charge in [-0.15, -0.1) is 0 Å². The Morgan fingerprint density at radius 2 is 2.10 bits per heavy atom. The van der Waals surface area contributed by atoms with Gasteiger partial charge in [0.1, 0.15) is 11.9 Å². The fourth-order valence-corrected chi connectivity index (χ4v) is 3.67. The molecule has 0 saturated heterocycles. The number of ether oxygens (including phenoxy) is 1. The predicted octanol–water partition coefficient (Wildman–Crippen LogP) is 3.47. The summed E-state index contributed by atoms with van der Waals surface area (Å²) >= 11 is 0. The quantitative estimate of drug-likeness (QED) is 0.663. The molecule has 29 heavy (non-hydrogen) atoms. The monoisotopic (exact) mass is 403 g/mol. The smallest absolute Gasteiger partial charge is 0.410 e. The third-order valence-corrected chi connectivity index (χ3v) is 5.03. The highest BCUT2D eigenvalue weighted by Gasteiger charge is 2.31. The topological polar surface area (TPSA) is 113 Å². The number of hydrogen-bond acceptors (Lipinski definition) is 6. The number of carbonyl (C=O) groups is 2. The molecule has 2 atom stereocenters. The molecule has 2 amide bonds. The standard InChI is InChI=1S/C20H29N5O4/c1-3-9-25(10-4-2)20(27)28-15-6-5-14(11-15)17-13-18(24-23-17)22-19(26)12-16-7-8-21-29-16/h7-8,13-15H,3-6,9-12H2,1-2H3,(H2,22,23,24,26)/t14-,15+/m0/s1. The van der Waals surface area contributed by atoms with Gasteiger partial charge in [-0.25, -0.2) is 4.79 Å². The summed E-state index contributed by atoms with van der Waals surface area (Å²) in [6, 6.07) is 3.49. The molecule has 2 aromatic rings. The number of carbonyl (C=O) groups excluding carboxylic acids is 2. The minimum Gasteiger partial charge on any atom is -0.446 e. The van der Waals surface area contributed by atoms with Crippen molar-refractivity contribution in [1.82, 2.24) is 20.3 Å². The summed E-state index contributed by atoms with van der Waals surface area (Å²) in [4.78, 5) is 26.2. The van der Waals surface area contributed by atoms with Crippen LogP contribution in [0.25, 0.3) is 0 Å². The van der Waals surface area contributed by atoms with Gasteiger partial charge in [-0.2, -0.15) is 5.10 Å². The van der Waals surface area contributed by atoms with Gasteiger partial charge in [-0.3, -0.25) is 9.89 Å². The van der Waals surface area contributed by atoms with Crippen LogP contribution in [0.3, 0.4) is 0 Å². The molecule has 9 heteroatoms. The van der Waals surface area contributed by atoms with Gasteiger partial charge in [0.25, 0.3) is 0 Å². The molecule has 0 spiro atoms. The molecule has 3 rings (SSSR count). The van der Waals surface area contributed by atoms with Crippen LogP contribution in [0.4, 0.5) is 10.6 Å². The Hall–Kier alpha value is -2.84. The Morgan fingerprint density at radius 1 is 1.31 bits per heavy atom. The summed E-state index contributed by atoms with van der Waals surface area (Å²) in [5.74, 6) is 0.983. The third kappa shape index (κ3) is 5.82. The van der Waals surface area contributed by atoms with E-state index in [1.165, 1.54) is 6.20 Å². The molecule has 1 aliphatic carbocycles. The van der Waals surface area contributed by atoms with Crippen molar-refractivity contribution in [3.05, 3.63) is 29.8 Å². The Labute approximate surface area is 170 Å². The van der Waals surface area contributed by atoms with Crippen LogP contribution < -0.4 is 5.32 Å². The molecule has 0 radical (unpaired) electrons. The summed E-state index contributed by atoms with van der Waals surface area (Å²) in [5, 5.41) is 13.5. The number of nitrogens with one attached hydrogen (secondary N) is 2. The number of H-pyrrole nitrogens is 1. The van der Waals surface area contributed by atoms with Crippen LogP contribution in [0.15, 0.2) is 22.9 Å². The maximum absolute atomic E-state index is 12.4. The van der Waals surface area contributed by atoms with E-state index in [4.69, 9.17) is 9.26 Å². The van der Waals surface area contributed by atoms with Crippen molar-refractivity contribution in [1.29, 1.82) is 0 Å². The summed E-state index contributed by atoms with van der Waals surface area (Å²) in [6.07, 6.45) is 5.63. The molecule has 0 aromatic carbocycles. The van der Waals surface area contributed by atoms with Crippen molar-refractivity contribution < 1.29 is 18.8 Å². The zero-order chi connectivity index (χ0) is 20.6. The lowest BCUT2D eigenvalue weighted by Gasteiger charge is -2.23. The number of nitrogens with zero attached hydrogens (tertiary/aromatic N) is 3. The van der Waals surface area contributed by atoms with Crippen LogP contribution in [0.5, 0.6) is 0 Å². The highest BCUT2D eigenvalue weighted by atomic mass is 16.6. The van der Waals surface area contributed by atoms with E-state index in [9.17, 15) is 9.59 Å². The third-order valence-electron chi connectivity index (χ3n) is 5.03. The lowest BCUT2D eigenvalue weighted by atomic mass is 10.0. The Bertz CT molecular complexity index is 783. The van der Waals surface area contributed by atoms with Gasteiger partial charge in [-0.05, 0) is 32.1 Å². The van der Waals surface area contributed by atoms with Gasteiger partial charge in [0.05, 0.1) is 12.6 Å². The molecule has 0 bridgehead atoms. The van der Waals surface area contributed by atoms with Gasteiger partial charge >= 0.3 is 6.09 Å². The average Bonchev–Trinajstić information content (AvgIpc) is 3.43. The van der Waals surface area contributed by atoms with Crippen LogP contribution in [0.1, 0.15) is 63.3 Å². The largest absolute Gasteiger partial charge is 0.446 e. The van der Waals surface area contributed by atoms with E-state index in [2.05, 4.69) is 34.5 Å². The van der Waals surface area contributed by atoms with Crippen molar-refractivity contribution in [3.8, 4) is 0 Å². The van der Waals surface area contributed by atoms with Crippen molar-refractivity contribution in [3.63, 3.8) is 0 Å². The molecule has 1 aliphatic rings. The normalized spacial score (nSPS) is 18.6. The molecule has 1 saturated carbocycles. The molecule has 1 fully saturated rings. The van der Waals surface area contributed by atoms with Crippen LogP contribution >= 0.6 is 0 Å². The van der Waals surface area contributed by atoms with E-state index >= 15 is 0 Å². The van der Waals surface area contributed by atoms with Crippen LogP contribution in [-0.4, -0.2) is 51.4 Å². The highest BCUT2D eigenvalue weighted by Crippen LogP contribution is 2.36. The second kappa shape index (κ2) is 10.1. The lowest BCUT2D eigenvalue weighted by Crippen LogP contribution is -2.35.